The lowest BCUT2D eigenvalue weighted by molar-refractivity contribution is 0.203. The number of ether oxygens (including phenoxy) is 1. The molecule has 0 aliphatic heterocycles. The van der Waals surface area contributed by atoms with Crippen LogP contribution in [-0.2, 0) is 5.88 Å². The Bertz CT molecular complexity index is 339. The van der Waals surface area contributed by atoms with Crippen LogP contribution in [0.5, 0.6) is 5.75 Å². The molecule has 0 unspecified atom stereocenters. The summed E-state index contributed by atoms with van der Waals surface area (Å²) in [5.41, 5.74) is 1.95. The van der Waals surface area contributed by atoms with Crippen molar-refractivity contribution in [1.29, 1.82) is 0 Å². The average molecular weight is 214 g/mol. The van der Waals surface area contributed by atoms with Gasteiger partial charge in [-0.2, -0.15) is 0 Å². The molecule has 3 nitrogen and oxygen atoms in total. The van der Waals surface area contributed by atoms with Gasteiger partial charge in [0, 0.05) is 12.9 Å². The van der Waals surface area contributed by atoms with Gasteiger partial charge in [-0.05, 0) is 30.2 Å². The summed E-state index contributed by atoms with van der Waals surface area (Å²) in [5.74, 6) is 0.922. The zero-order valence-electron chi connectivity index (χ0n) is 8.13. The Balaban J connectivity index is 2.86. The highest BCUT2D eigenvalue weighted by atomic mass is 35.5. The molecular weight excluding hydrogens is 202 g/mol. The summed E-state index contributed by atoms with van der Waals surface area (Å²) < 4.78 is 4.98. The predicted octanol–water partition coefficient (Wildman–Crippen LogP) is 2.45. The quantitative estimate of drug-likeness (QED) is 0.767. The van der Waals surface area contributed by atoms with Gasteiger partial charge in [-0.3, -0.25) is 0 Å². The van der Waals surface area contributed by atoms with E-state index in [2.05, 4.69) is 5.32 Å². The molecule has 0 spiro atoms. The molecule has 0 aliphatic carbocycles. The number of aryl methyl sites for hydroxylation is 1. The molecule has 0 saturated carbocycles. The lowest BCUT2D eigenvalue weighted by Gasteiger charge is -2.06. The first-order chi connectivity index (χ1) is 6.65. The van der Waals surface area contributed by atoms with Crippen molar-refractivity contribution >= 4 is 17.7 Å². The first-order valence-electron chi connectivity index (χ1n) is 4.22. The fourth-order valence-electron chi connectivity index (χ4n) is 1.12. The third-order valence-corrected chi connectivity index (χ3v) is 1.99. The number of alkyl halides is 1. The molecule has 76 valence electrons. The van der Waals surface area contributed by atoms with E-state index in [1.807, 2.05) is 13.0 Å². The van der Waals surface area contributed by atoms with E-state index in [-0.39, 0.29) is 0 Å². The highest BCUT2D eigenvalue weighted by molar-refractivity contribution is 6.17. The Labute approximate surface area is 88.0 Å². The number of nitrogens with one attached hydrogen (secondary N) is 1. The minimum Gasteiger partial charge on any atom is -0.410 e. The van der Waals surface area contributed by atoms with Gasteiger partial charge in [0.05, 0.1) is 0 Å². The molecule has 0 fully saturated rings. The monoisotopic (exact) mass is 213 g/mol. The van der Waals surface area contributed by atoms with Crippen LogP contribution in [0.2, 0.25) is 0 Å². The topological polar surface area (TPSA) is 38.3 Å². The van der Waals surface area contributed by atoms with Crippen molar-refractivity contribution < 1.29 is 9.53 Å². The van der Waals surface area contributed by atoms with Crippen LogP contribution in [0.25, 0.3) is 0 Å². The van der Waals surface area contributed by atoms with Gasteiger partial charge in [-0.15, -0.1) is 11.6 Å². The van der Waals surface area contributed by atoms with Crippen LogP contribution >= 0.6 is 11.6 Å². The fourth-order valence-corrected chi connectivity index (χ4v) is 1.27. The minimum atomic E-state index is -0.476. The summed E-state index contributed by atoms with van der Waals surface area (Å²) in [6.07, 6.45) is -0.476. The highest BCUT2D eigenvalue weighted by Crippen LogP contribution is 2.18. The van der Waals surface area contributed by atoms with Crippen LogP contribution in [0.4, 0.5) is 4.79 Å². The van der Waals surface area contributed by atoms with Gasteiger partial charge in [-0.25, -0.2) is 4.79 Å². The number of hydrogen-bond donors (Lipinski definition) is 1. The molecule has 14 heavy (non-hydrogen) atoms. The second-order valence-corrected chi connectivity index (χ2v) is 3.19. The van der Waals surface area contributed by atoms with Gasteiger partial charge >= 0.3 is 6.09 Å². The third kappa shape index (κ3) is 2.92. The van der Waals surface area contributed by atoms with Crippen molar-refractivity contribution in [3.63, 3.8) is 0 Å². The summed E-state index contributed by atoms with van der Waals surface area (Å²) in [7, 11) is 1.51. The number of carbonyl (C=O) groups excluding carboxylic acids is 1. The first kappa shape index (κ1) is 10.9. The van der Waals surface area contributed by atoms with E-state index < -0.39 is 6.09 Å². The van der Waals surface area contributed by atoms with Crippen LogP contribution in [-0.4, -0.2) is 13.1 Å². The van der Waals surface area contributed by atoms with E-state index in [1.165, 1.54) is 7.05 Å². The summed E-state index contributed by atoms with van der Waals surface area (Å²) in [6.45, 7) is 1.92. The van der Waals surface area contributed by atoms with E-state index in [0.717, 1.165) is 11.1 Å². The lowest BCUT2D eigenvalue weighted by Crippen LogP contribution is -2.22. The molecule has 0 aromatic heterocycles. The van der Waals surface area contributed by atoms with E-state index in [0.29, 0.717) is 11.6 Å². The molecular formula is C10H12ClNO2. The Morgan fingerprint density at radius 3 is 2.79 bits per heavy atom. The van der Waals surface area contributed by atoms with Gasteiger partial charge in [0.1, 0.15) is 5.75 Å². The van der Waals surface area contributed by atoms with Gasteiger partial charge in [0.25, 0.3) is 0 Å². The number of carbonyl (C=O) groups is 1. The van der Waals surface area contributed by atoms with Crippen molar-refractivity contribution in [2.24, 2.45) is 0 Å². The van der Waals surface area contributed by atoms with Crippen LogP contribution in [0.3, 0.4) is 0 Å². The van der Waals surface area contributed by atoms with Crippen LogP contribution in [0.15, 0.2) is 18.2 Å². The Morgan fingerprint density at radius 1 is 1.50 bits per heavy atom. The Kier molecular flexibility index (Phi) is 3.77. The van der Waals surface area contributed by atoms with Crippen molar-refractivity contribution in [3.05, 3.63) is 29.3 Å². The number of amides is 1. The molecule has 1 rings (SSSR count). The first-order valence-corrected chi connectivity index (χ1v) is 4.75. The van der Waals surface area contributed by atoms with E-state index in [1.54, 1.807) is 12.1 Å². The molecule has 0 radical (unpaired) electrons. The maximum Gasteiger partial charge on any atom is 0.412 e. The summed E-state index contributed by atoms with van der Waals surface area (Å²) in [4.78, 5) is 10.9. The van der Waals surface area contributed by atoms with Gasteiger partial charge in [-0.1, -0.05) is 6.07 Å². The van der Waals surface area contributed by atoms with Gasteiger partial charge < -0.3 is 10.1 Å². The highest BCUT2D eigenvalue weighted by Gasteiger charge is 2.03. The number of hydrogen-bond acceptors (Lipinski definition) is 2. The molecule has 4 heteroatoms. The molecule has 0 aliphatic rings. The van der Waals surface area contributed by atoms with E-state index in [4.69, 9.17) is 16.3 Å². The maximum absolute atomic E-state index is 10.9. The van der Waals surface area contributed by atoms with Crippen LogP contribution in [0.1, 0.15) is 11.1 Å². The number of rotatable bonds is 2. The molecule has 1 N–H and O–H groups in total. The normalized spacial score (nSPS) is 9.64. The van der Waals surface area contributed by atoms with Gasteiger partial charge in [0.2, 0.25) is 0 Å². The molecule has 0 bridgehead atoms. The Morgan fingerprint density at radius 2 is 2.21 bits per heavy atom. The minimum absolute atomic E-state index is 0.409. The lowest BCUT2D eigenvalue weighted by atomic mass is 10.1. The average Bonchev–Trinajstić information content (AvgIpc) is 2.16. The third-order valence-electron chi connectivity index (χ3n) is 1.68. The van der Waals surface area contributed by atoms with Crippen LogP contribution < -0.4 is 10.1 Å². The number of benzene rings is 1. The second-order valence-electron chi connectivity index (χ2n) is 2.93. The zero-order chi connectivity index (χ0) is 10.6. The van der Waals surface area contributed by atoms with Crippen molar-refractivity contribution in [2.45, 2.75) is 12.8 Å². The molecule has 0 saturated heterocycles. The SMILES string of the molecule is CNC(=O)Oc1cc(C)cc(CCl)c1. The predicted molar refractivity (Wildman–Crippen MR) is 55.8 cm³/mol. The summed E-state index contributed by atoms with van der Waals surface area (Å²) >= 11 is 5.69. The van der Waals surface area contributed by atoms with E-state index >= 15 is 0 Å². The Hall–Kier alpha value is -1.22. The fraction of sp³-hybridized carbons (Fsp3) is 0.300. The smallest absolute Gasteiger partial charge is 0.410 e. The molecule has 1 aromatic carbocycles. The number of halogens is 1. The maximum atomic E-state index is 10.9. The van der Waals surface area contributed by atoms with E-state index in [9.17, 15) is 4.79 Å². The standard InChI is InChI=1S/C10H12ClNO2/c1-7-3-8(6-11)5-9(4-7)14-10(13)12-2/h3-5H,6H2,1-2H3,(H,12,13). The summed E-state index contributed by atoms with van der Waals surface area (Å²) in [6, 6.07) is 5.48. The van der Waals surface area contributed by atoms with Crippen LogP contribution in [0, 0.1) is 6.92 Å². The van der Waals surface area contributed by atoms with Crippen molar-refractivity contribution in [1.82, 2.24) is 5.32 Å². The second kappa shape index (κ2) is 4.86. The molecule has 1 amide bonds. The largest absolute Gasteiger partial charge is 0.412 e. The van der Waals surface area contributed by atoms with Crippen molar-refractivity contribution in [3.8, 4) is 5.75 Å². The molecule has 1 aromatic rings. The van der Waals surface area contributed by atoms with Crippen molar-refractivity contribution in [2.75, 3.05) is 7.05 Å². The zero-order valence-corrected chi connectivity index (χ0v) is 8.89. The molecule has 0 heterocycles. The summed E-state index contributed by atoms with van der Waals surface area (Å²) in [5, 5.41) is 2.38. The molecule has 0 atom stereocenters. The van der Waals surface area contributed by atoms with Gasteiger partial charge in [0.15, 0.2) is 0 Å².